The van der Waals surface area contributed by atoms with Gasteiger partial charge in [-0.15, -0.1) is 11.8 Å². The molecule has 0 amide bonds. The predicted molar refractivity (Wildman–Crippen MR) is 84.4 cm³/mol. The van der Waals surface area contributed by atoms with Gasteiger partial charge in [0, 0.05) is 6.92 Å². The summed E-state index contributed by atoms with van der Waals surface area (Å²) in [6.45, 7) is 3.47. The van der Waals surface area contributed by atoms with Gasteiger partial charge in [-0.2, -0.15) is 0 Å². The van der Waals surface area contributed by atoms with Crippen LogP contribution in [-0.4, -0.2) is 47.2 Å². The minimum absolute atomic E-state index is 0.305. The summed E-state index contributed by atoms with van der Waals surface area (Å²) in [6, 6.07) is 9.71. The van der Waals surface area contributed by atoms with E-state index < -0.39 is 24.3 Å². The summed E-state index contributed by atoms with van der Waals surface area (Å²) >= 11 is 1.47. The lowest BCUT2D eigenvalue weighted by atomic mass is 10.0. The van der Waals surface area contributed by atoms with E-state index in [1.165, 1.54) is 18.7 Å². The Labute approximate surface area is 134 Å². The van der Waals surface area contributed by atoms with E-state index in [-0.39, 0.29) is 11.5 Å². The zero-order valence-corrected chi connectivity index (χ0v) is 13.8. The SMILES string of the molecule is CS[C@H]1O[C@@H](C)[C@@H](OC(C)=O)[C@@H](O)[C@@H]1OCc1ccccc1. The van der Waals surface area contributed by atoms with Gasteiger partial charge in [-0.3, -0.25) is 4.79 Å². The van der Waals surface area contributed by atoms with Gasteiger partial charge in [0.25, 0.3) is 0 Å². The van der Waals surface area contributed by atoms with Gasteiger partial charge in [0.15, 0.2) is 6.10 Å². The monoisotopic (exact) mass is 326 g/mol. The maximum atomic E-state index is 11.2. The van der Waals surface area contributed by atoms with Crippen LogP contribution in [0.2, 0.25) is 0 Å². The molecule has 1 N–H and O–H groups in total. The van der Waals surface area contributed by atoms with Crippen molar-refractivity contribution >= 4 is 17.7 Å². The third-order valence-electron chi connectivity index (χ3n) is 3.57. The first-order valence-electron chi connectivity index (χ1n) is 7.22. The third-order valence-corrected chi connectivity index (χ3v) is 4.42. The lowest BCUT2D eigenvalue weighted by Crippen LogP contribution is -2.57. The summed E-state index contributed by atoms with van der Waals surface area (Å²) in [5.41, 5.74) is 0.706. The highest BCUT2D eigenvalue weighted by molar-refractivity contribution is 7.99. The molecule has 1 saturated heterocycles. The number of benzene rings is 1. The van der Waals surface area contributed by atoms with Gasteiger partial charge >= 0.3 is 5.97 Å². The lowest BCUT2D eigenvalue weighted by Gasteiger charge is -2.42. The van der Waals surface area contributed by atoms with Crippen molar-refractivity contribution in [3.8, 4) is 0 Å². The van der Waals surface area contributed by atoms with E-state index in [1.54, 1.807) is 6.92 Å². The van der Waals surface area contributed by atoms with Crippen molar-refractivity contribution in [1.29, 1.82) is 0 Å². The molecular weight excluding hydrogens is 304 g/mol. The molecule has 5 atom stereocenters. The standard InChI is InChI=1S/C16H22O5S/c1-10-14(21-11(2)17)13(18)15(16(20-10)22-3)19-9-12-7-5-4-6-8-12/h4-8,10,13-16,18H,9H2,1-3H3/t10-,13+,14+,15-,16+/m0/s1. The van der Waals surface area contributed by atoms with Crippen LogP contribution in [0.15, 0.2) is 30.3 Å². The number of rotatable bonds is 5. The highest BCUT2D eigenvalue weighted by Gasteiger charge is 2.45. The Balaban J connectivity index is 2.06. The number of carbonyl (C=O) groups excluding carboxylic acids is 1. The first-order chi connectivity index (χ1) is 10.5. The summed E-state index contributed by atoms with van der Waals surface area (Å²) < 4.78 is 16.9. The van der Waals surface area contributed by atoms with Crippen molar-refractivity contribution in [1.82, 2.24) is 0 Å². The average Bonchev–Trinajstić information content (AvgIpc) is 2.51. The van der Waals surface area contributed by atoms with Crippen molar-refractivity contribution in [3.63, 3.8) is 0 Å². The fourth-order valence-electron chi connectivity index (χ4n) is 2.48. The van der Waals surface area contributed by atoms with Crippen LogP contribution < -0.4 is 0 Å². The summed E-state index contributed by atoms with van der Waals surface area (Å²) in [7, 11) is 0. The Morgan fingerprint density at radius 3 is 2.59 bits per heavy atom. The zero-order chi connectivity index (χ0) is 16.1. The Morgan fingerprint density at radius 2 is 2.00 bits per heavy atom. The molecular formula is C16H22O5S. The molecule has 5 nitrogen and oxygen atoms in total. The summed E-state index contributed by atoms with van der Waals surface area (Å²) in [6.07, 6.45) is -0.686. The topological polar surface area (TPSA) is 65.0 Å². The van der Waals surface area contributed by atoms with Crippen LogP contribution >= 0.6 is 11.8 Å². The van der Waals surface area contributed by atoms with Crippen molar-refractivity contribution in [2.75, 3.05) is 6.26 Å². The van der Waals surface area contributed by atoms with Gasteiger partial charge in [0.1, 0.15) is 17.6 Å². The minimum atomic E-state index is -0.922. The number of hydrogen-bond donors (Lipinski definition) is 1. The zero-order valence-electron chi connectivity index (χ0n) is 13.0. The molecule has 22 heavy (non-hydrogen) atoms. The van der Waals surface area contributed by atoms with Crippen LogP contribution in [0.4, 0.5) is 0 Å². The molecule has 1 heterocycles. The number of aliphatic hydroxyl groups excluding tert-OH is 1. The van der Waals surface area contributed by atoms with Crippen LogP contribution in [0.3, 0.4) is 0 Å². The average molecular weight is 326 g/mol. The largest absolute Gasteiger partial charge is 0.457 e. The maximum Gasteiger partial charge on any atom is 0.303 e. The maximum absolute atomic E-state index is 11.2. The normalized spacial score (nSPS) is 31.7. The van der Waals surface area contributed by atoms with E-state index in [1.807, 2.05) is 36.6 Å². The molecule has 0 aromatic heterocycles. The Bertz CT molecular complexity index is 481. The second-order valence-corrected chi connectivity index (χ2v) is 6.21. The molecule has 0 saturated carbocycles. The number of hydrogen-bond acceptors (Lipinski definition) is 6. The fraction of sp³-hybridized carbons (Fsp3) is 0.562. The Morgan fingerprint density at radius 1 is 1.32 bits per heavy atom. The molecule has 1 aliphatic rings. The van der Waals surface area contributed by atoms with Gasteiger partial charge < -0.3 is 19.3 Å². The highest BCUT2D eigenvalue weighted by atomic mass is 32.2. The van der Waals surface area contributed by atoms with Gasteiger partial charge in [-0.25, -0.2) is 0 Å². The molecule has 0 aliphatic carbocycles. The summed E-state index contributed by atoms with van der Waals surface area (Å²) in [5.74, 6) is -0.441. The molecule has 1 aromatic rings. The number of aliphatic hydroxyl groups is 1. The molecule has 1 fully saturated rings. The molecule has 0 unspecified atom stereocenters. The quantitative estimate of drug-likeness (QED) is 0.835. The number of ether oxygens (including phenoxy) is 3. The van der Waals surface area contributed by atoms with E-state index in [0.717, 1.165) is 5.56 Å². The van der Waals surface area contributed by atoms with Crippen LogP contribution in [0.25, 0.3) is 0 Å². The van der Waals surface area contributed by atoms with E-state index in [9.17, 15) is 9.90 Å². The lowest BCUT2D eigenvalue weighted by molar-refractivity contribution is -0.222. The predicted octanol–water partition coefficient (Wildman–Crippen LogP) is 1.97. The summed E-state index contributed by atoms with van der Waals surface area (Å²) in [5, 5.41) is 10.5. The van der Waals surface area contributed by atoms with Gasteiger partial charge in [-0.05, 0) is 18.7 Å². The van der Waals surface area contributed by atoms with Crippen LogP contribution in [0, 0.1) is 0 Å². The summed E-state index contributed by atoms with van der Waals surface area (Å²) in [4.78, 5) is 11.2. The number of carbonyl (C=O) groups is 1. The first-order valence-corrected chi connectivity index (χ1v) is 8.50. The van der Waals surface area contributed by atoms with Gasteiger partial charge in [0.05, 0.1) is 12.7 Å². The van der Waals surface area contributed by atoms with Crippen LogP contribution in [0.1, 0.15) is 19.4 Å². The second kappa shape index (κ2) is 7.97. The third kappa shape index (κ3) is 4.23. The molecule has 122 valence electrons. The number of esters is 1. The smallest absolute Gasteiger partial charge is 0.303 e. The molecule has 1 aromatic carbocycles. The van der Waals surface area contributed by atoms with E-state index in [0.29, 0.717) is 6.61 Å². The van der Waals surface area contributed by atoms with E-state index >= 15 is 0 Å². The fourth-order valence-corrected chi connectivity index (χ4v) is 3.28. The Kier molecular flexibility index (Phi) is 6.26. The molecule has 0 bridgehead atoms. The Hall–Kier alpha value is -1.08. The first kappa shape index (κ1) is 17.3. The molecule has 0 spiro atoms. The molecule has 0 radical (unpaired) electrons. The molecule has 6 heteroatoms. The molecule has 2 rings (SSSR count). The minimum Gasteiger partial charge on any atom is -0.457 e. The molecule has 1 aliphatic heterocycles. The second-order valence-electron chi connectivity index (χ2n) is 5.27. The van der Waals surface area contributed by atoms with E-state index in [4.69, 9.17) is 14.2 Å². The van der Waals surface area contributed by atoms with Crippen LogP contribution in [-0.2, 0) is 25.6 Å². The van der Waals surface area contributed by atoms with Gasteiger partial charge in [0.2, 0.25) is 0 Å². The van der Waals surface area contributed by atoms with Crippen molar-refractivity contribution in [2.45, 2.75) is 50.3 Å². The van der Waals surface area contributed by atoms with Crippen molar-refractivity contribution in [2.24, 2.45) is 0 Å². The van der Waals surface area contributed by atoms with Crippen LogP contribution in [0.5, 0.6) is 0 Å². The van der Waals surface area contributed by atoms with Crippen molar-refractivity contribution in [3.05, 3.63) is 35.9 Å². The van der Waals surface area contributed by atoms with Gasteiger partial charge in [-0.1, -0.05) is 30.3 Å². The van der Waals surface area contributed by atoms with E-state index in [2.05, 4.69) is 0 Å². The number of thioether (sulfide) groups is 1. The van der Waals surface area contributed by atoms with Crippen molar-refractivity contribution < 1.29 is 24.1 Å². The highest BCUT2D eigenvalue weighted by Crippen LogP contribution is 2.31.